The molecule has 0 saturated carbocycles. The number of hydrogen-bond donors (Lipinski definition) is 0. The molecule has 0 spiro atoms. The van der Waals surface area contributed by atoms with Gasteiger partial charge < -0.3 is 4.74 Å². The standard InChI is InChI=1S/C9H3F3N2O2/c10-9(11,12)16-8-2-1-7(14-5-15)3-6(8)4-13/h1-3H. The number of nitrogens with zero attached hydrogens (tertiary/aromatic N) is 2. The molecule has 0 unspecified atom stereocenters. The number of benzene rings is 1. The molecule has 82 valence electrons. The van der Waals surface area contributed by atoms with Gasteiger partial charge in [0.05, 0.1) is 11.3 Å². The summed E-state index contributed by atoms with van der Waals surface area (Å²) in [5, 5.41) is 8.57. The van der Waals surface area contributed by atoms with E-state index in [0.29, 0.717) is 0 Å². The summed E-state index contributed by atoms with van der Waals surface area (Å²) in [4.78, 5) is 13.1. The summed E-state index contributed by atoms with van der Waals surface area (Å²) >= 11 is 0. The minimum absolute atomic E-state index is 0.0288. The van der Waals surface area contributed by atoms with E-state index in [-0.39, 0.29) is 11.3 Å². The predicted molar refractivity (Wildman–Crippen MR) is 45.6 cm³/mol. The number of hydrogen-bond acceptors (Lipinski definition) is 4. The molecule has 0 amide bonds. The number of ether oxygens (including phenoxy) is 1. The maximum atomic E-state index is 11.9. The summed E-state index contributed by atoms with van der Waals surface area (Å²) in [6.07, 6.45) is -3.67. The lowest BCUT2D eigenvalue weighted by atomic mass is 10.2. The molecule has 0 fully saturated rings. The Morgan fingerprint density at radius 1 is 1.38 bits per heavy atom. The zero-order valence-electron chi connectivity index (χ0n) is 7.58. The van der Waals surface area contributed by atoms with Gasteiger partial charge >= 0.3 is 6.36 Å². The Hall–Kier alpha value is -2.32. The first kappa shape index (κ1) is 11.8. The lowest BCUT2D eigenvalue weighted by molar-refractivity contribution is -0.274. The number of rotatable bonds is 2. The molecule has 0 bridgehead atoms. The molecule has 0 aromatic heterocycles. The van der Waals surface area contributed by atoms with Gasteiger partial charge in [0.25, 0.3) is 0 Å². The van der Waals surface area contributed by atoms with Crippen LogP contribution in [0.25, 0.3) is 0 Å². The van der Waals surface area contributed by atoms with Crippen LogP contribution >= 0.6 is 0 Å². The molecule has 0 N–H and O–H groups in total. The van der Waals surface area contributed by atoms with E-state index in [2.05, 4.69) is 9.73 Å². The Bertz CT molecular complexity index is 485. The van der Waals surface area contributed by atoms with E-state index in [4.69, 9.17) is 5.26 Å². The van der Waals surface area contributed by atoms with Crippen molar-refractivity contribution in [1.29, 1.82) is 5.26 Å². The molecule has 4 nitrogen and oxygen atoms in total. The van der Waals surface area contributed by atoms with E-state index >= 15 is 0 Å². The predicted octanol–water partition coefficient (Wildman–Crippen LogP) is 2.42. The topological polar surface area (TPSA) is 62.5 Å². The van der Waals surface area contributed by atoms with Crippen molar-refractivity contribution in [3.63, 3.8) is 0 Å². The van der Waals surface area contributed by atoms with E-state index in [1.807, 2.05) is 0 Å². The van der Waals surface area contributed by atoms with Crippen molar-refractivity contribution < 1.29 is 22.7 Å². The average Bonchev–Trinajstić information content (AvgIpc) is 2.18. The number of carbonyl (C=O) groups excluding carboxylic acids is 1. The Morgan fingerprint density at radius 2 is 2.06 bits per heavy atom. The molecule has 0 saturated heterocycles. The SMILES string of the molecule is N#Cc1cc(N=C=O)ccc1OC(F)(F)F. The van der Waals surface area contributed by atoms with E-state index in [0.717, 1.165) is 18.2 Å². The maximum absolute atomic E-state index is 11.9. The molecular weight excluding hydrogens is 225 g/mol. The van der Waals surface area contributed by atoms with Crippen LogP contribution < -0.4 is 4.74 Å². The highest BCUT2D eigenvalue weighted by Gasteiger charge is 2.32. The van der Waals surface area contributed by atoms with E-state index in [9.17, 15) is 18.0 Å². The van der Waals surface area contributed by atoms with Gasteiger partial charge in [0.2, 0.25) is 6.08 Å². The number of halogens is 3. The first-order chi connectivity index (χ1) is 7.46. The van der Waals surface area contributed by atoms with Gasteiger partial charge in [-0.05, 0) is 18.2 Å². The van der Waals surface area contributed by atoms with Crippen LogP contribution in [-0.2, 0) is 4.79 Å². The van der Waals surface area contributed by atoms with Crippen LogP contribution in [0.15, 0.2) is 23.2 Å². The molecule has 1 aromatic carbocycles. The smallest absolute Gasteiger partial charge is 0.404 e. The molecule has 0 atom stereocenters. The van der Waals surface area contributed by atoms with E-state index in [1.165, 1.54) is 12.1 Å². The van der Waals surface area contributed by atoms with Gasteiger partial charge in [-0.15, -0.1) is 13.2 Å². The van der Waals surface area contributed by atoms with Gasteiger partial charge in [-0.25, -0.2) is 4.79 Å². The lowest BCUT2D eigenvalue weighted by Crippen LogP contribution is -2.17. The monoisotopic (exact) mass is 228 g/mol. The summed E-state index contributed by atoms with van der Waals surface area (Å²) in [6.45, 7) is 0. The van der Waals surface area contributed by atoms with Crippen molar-refractivity contribution in [2.75, 3.05) is 0 Å². The van der Waals surface area contributed by atoms with Crippen LogP contribution in [0.4, 0.5) is 18.9 Å². The van der Waals surface area contributed by atoms with Gasteiger partial charge in [-0.1, -0.05) is 0 Å². The van der Waals surface area contributed by atoms with Crippen molar-refractivity contribution in [3.8, 4) is 11.8 Å². The quantitative estimate of drug-likeness (QED) is 0.576. The van der Waals surface area contributed by atoms with Crippen molar-refractivity contribution >= 4 is 11.8 Å². The molecule has 0 aliphatic heterocycles. The fraction of sp³-hybridized carbons (Fsp3) is 0.111. The molecule has 7 heteroatoms. The first-order valence-corrected chi connectivity index (χ1v) is 3.84. The minimum atomic E-state index is -4.87. The second kappa shape index (κ2) is 4.47. The van der Waals surface area contributed by atoms with Gasteiger partial charge in [0.1, 0.15) is 11.8 Å². The zero-order chi connectivity index (χ0) is 12.2. The molecule has 0 aliphatic rings. The van der Waals surface area contributed by atoms with E-state index < -0.39 is 12.1 Å². The molecule has 16 heavy (non-hydrogen) atoms. The van der Waals surface area contributed by atoms with Crippen molar-refractivity contribution in [2.24, 2.45) is 4.99 Å². The summed E-state index contributed by atoms with van der Waals surface area (Å²) in [5.41, 5.74) is -0.338. The third kappa shape index (κ3) is 3.12. The normalized spacial score (nSPS) is 10.1. The Labute approximate surface area is 87.6 Å². The second-order valence-corrected chi connectivity index (χ2v) is 2.54. The minimum Gasteiger partial charge on any atom is -0.404 e. The largest absolute Gasteiger partial charge is 0.573 e. The number of alkyl halides is 3. The Morgan fingerprint density at radius 3 is 2.56 bits per heavy atom. The van der Waals surface area contributed by atoms with Crippen LogP contribution in [0, 0.1) is 11.3 Å². The molecule has 0 aliphatic carbocycles. The van der Waals surface area contributed by atoms with Crippen LogP contribution in [0.5, 0.6) is 5.75 Å². The summed E-state index contributed by atoms with van der Waals surface area (Å²) in [5.74, 6) is -0.639. The van der Waals surface area contributed by atoms with Crippen LogP contribution in [0.3, 0.4) is 0 Å². The molecule has 0 heterocycles. The van der Waals surface area contributed by atoms with Crippen molar-refractivity contribution in [1.82, 2.24) is 0 Å². The van der Waals surface area contributed by atoms with Crippen molar-refractivity contribution in [3.05, 3.63) is 23.8 Å². The zero-order valence-corrected chi connectivity index (χ0v) is 7.58. The third-order valence-corrected chi connectivity index (χ3v) is 1.48. The number of isocyanates is 1. The lowest BCUT2D eigenvalue weighted by Gasteiger charge is -2.09. The molecule has 0 radical (unpaired) electrons. The number of aliphatic imine (C=N–C) groups is 1. The van der Waals surface area contributed by atoms with Gasteiger partial charge in [0.15, 0.2) is 0 Å². The Kier molecular flexibility index (Phi) is 3.28. The summed E-state index contributed by atoms with van der Waals surface area (Å²) in [7, 11) is 0. The fourth-order valence-electron chi connectivity index (χ4n) is 0.941. The van der Waals surface area contributed by atoms with Crippen LogP contribution in [0.1, 0.15) is 5.56 Å². The van der Waals surface area contributed by atoms with Crippen molar-refractivity contribution in [2.45, 2.75) is 6.36 Å². The maximum Gasteiger partial charge on any atom is 0.573 e. The molecular formula is C9H3F3N2O2. The highest BCUT2D eigenvalue weighted by Crippen LogP contribution is 2.28. The average molecular weight is 228 g/mol. The Balaban J connectivity index is 3.13. The molecule has 1 rings (SSSR count). The molecule has 1 aromatic rings. The first-order valence-electron chi connectivity index (χ1n) is 3.84. The van der Waals surface area contributed by atoms with Gasteiger partial charge in [0, 0.05) is 0 Å². The highest BCUT2D eigenvalue weighted by molar-refractivity contribution is 5.56. The highest BCUT2D eigenvalue weighted by atomic mass is 19.4. The second-order valence-electron chi connectivity index (χ2n) is 2.54. The summed E-state index contributed by atoms with van der Waals surface area (Å²) < 4.78 is 39.3. The van der Waals surface area contributed by atoms with E-state index in [1.54, 1.807) is 0 Å². The number of nitriles is 1. The van der Waals surface area contributed by atoms with Gasteiger partial charge in [-0.3, -0.25) is 0 Å². The summed E-state index contributed by atoms with van der Waals surface area (Å²) in [6, 6.07) is 4.50. The van der Waals surface area contributed by atoms with Crippen LogP contribution in [0.2, 0.25) is 0 Å². The third-order valence-electron chi connectivity index (χ3n) is 1.48. The fourth-order valence-corrected chi connectivity index (χ4v) is 0.941. The van der Waals surface area contributed by atoms with Gasteiger partial charge in [-0.2, -0.15) is 10.3 Å². The van der Waals surface area contributed by atoms with Crippen LogP contribution in [-0.4, -0.2) is 12.4 Å².